The van der Waals surface area contributed by atoms with Crippen molar-refractivity contribution in [2.45, 2.75) is 13.0 Å². The van der Waals surface area contributed by atoms with Crippen molar-refractivity contribution >= 4 is 11.4 Å². The van der Waals surface area contributed by atoms with Crippen LogP contribution in [0.3, 0.4) is 0 Å². The van der Waals surface area contributed by atoms with Crippen LogP contribution in [0.15, 0.2) is 42.6 Å². The zero-order valence-electron chi connectivity index (χ0n) is 10.1. The number of nitrogens with two attached hydrogens (primary N) is 1. The fourth-order valence-electron chi connectivity index (χ4n) is 1.71. The zero-order valence-corrected chi connectivity index (χ0v) is 10.1. The predicted molar refractivity (Wildman–Crippen MR) is 71.8 cm³/mol. The van der Waals surface area contributed by atoms with Gasteiger partial charge in [0.05, 0.1) is 5.69 Å². The fourth-order valence-corrected chi connectivity index (χ4v) is 1.71. The first kappa shape index (κ1) is 11.9. The highest BCUT2D eigenvalue weighted by molar-refractivity contribution is 5.54. The van der Waals surface area contributed by atoms with Crippen LogP contribution in [0.25, 0.3) is 0 Å². The summed E-state index contributed by atoms with van der Waals surface area (Å²) in [6, 6.07) is 13.5. The van der Waals surface area contributed by atoms with Gasteiger partial charge >= 0.3 is 0 Å². The number of anilines is 2. The maximum Gasteiger partial charge on any atom is 0.163 e. The molecule has 0 saturated heterocycles. The molecule has 0 amide bonds. The van der Waals surface area contributed by atoms with Gasteiger partial charge in [-0.25, -0.2) is 4.98 Å². The Bertz CT molecular complexity index is 569. The van der Waals surface area contributed by atoms with Gasteiger partial charge in [0.1, 0.15) is 6.07 Å². The smallest absolute Gasteiger partial charge is 0.163 e. The second kappa shape index (κ2) is 5.19. The van der Waals surface area contributed by atoms with Crippen molar-refractivity contribution < 1.29 is 0 Å². The molecule has 1 heterocycles. The van der Waals surface area contributed by atoms with E-state index >= 15 is 0 Å². The number of pyridine rings is 1. The molecule has 0 spiro atoms. The molecule has 1 atom stereocenters. The van der Waals surface area contributed by atoms with Crippen LogP contribution in [0.5, 0.6) is 0 Å². The summed E-state index contributed by atoms with van der Waals surface area (Å²) in [6.45, 7) is 2.03. The van der Waals surface area contributed by atoms with Crippen LogP contribution in [-0.2, 0) is 0 Å². The number of nitriles is 1. The molecule has 1 aromatic carbocycles. The molecule has 0 fully saturated rings. The van der Waals surface area contributed by atoms with Crippen molar-refractivity contribution in [1.82, 2.24) is 4.98 Å². The topological polar surface area (TPSA) is 74.7 Å². The minimum Gasteiger partial charge on any atom is -0.399 e. The van der Waals surface area contributed by atoms with Crippen molar-refractivity contribution in [1.29, 1.82) is 5.26 Å². The van der Waals surface area contributed by atoms with Gasteiger partial charge in [-0.05, 0) is 36.8 Å². The fraction of sp³-hybridized carbons (Fsp3) is 0.143. The molecule has 0 saturated carbocycles. The third-order valence-electron chi connectivity index (χ3n) is 2.72. The van der Waals surface area contributed by atoms with Crippen LogP contribution in [0.2, 0.25) is 0 Å². The molecule has 0 aliphatic carbocycles. The quantitative estimate of drug-likeness (QED) is 0.806. The van der Waals surface area contributed by atoms with Gasteiger partial charge in [-0.3, -0.25) is 0 Å². The summed E-state index contributed by atoms with van der Waals surface area (Å²) in [5.41, 5.74) is 8.64. The number of nitrogens with one attached hydrogen (secondary N) is 1. The van der Waals surface area contributed by atoms with Crippen LogP contribution in [0.1, 0.15) is 24.2 Å². The lowest BCUT2D eigenvalue weighted by Gasteiger charge is -2.16. The van der Waals surface area contributed by atoms with Crippen molar-refractivity contribution in [2.24, 2.45) is 0 Å². The molecule has 4 heteroatoms. The van der Waals surface area contributed by atoms with Gasteiger partial charge < -0.3 is 11.1 Å². The highest BCUT2D eigenvalue weighted by Gasteiger charge is 2.08. The molecule has 4 nitrogen and oxygen atoms in total. The van der Waals surface area contributed by atoms with Crippen LogP contribution >= 0.6 is 0 Å². The van der Waals surface area contributed by atoms with Gasteiger partial charge in [0, 0.05) is 17.9 Å². The number of benzene rings is 1. The Morgan fingerprint density at radius 1 is 1.28 bits per heavy atom. The Hall–Kier alpha value is -2.54. The first-order valence-electron chi connectivity index (χ1n) is 5.68. The van der Waals surface area contributed by atoms with E-state index in [4.69, 9.17) is 11.0 Å². The zero-order chi connectivity index (χ0) is 13.0. The molecule has 90 valence electrons. The van der Waals surface area contributed by atoms with E-state index < -0.39 is 0 Å². The van der Waals surface area contributed by atoms with Gasteiger partial charge in [0.2, 0.25) is 0 Å². The lowest BCUT2D eigenvalue weighted by atomic mass is 10.1. The molecular weight excluding hydrogens is 224 g/mol. The Kier molecular flexibility index (Phi) is 3.44. The van der Waals surface area contributed by atoms with Crippen LogP contribution < -0.4 is 11.1 Å². The third kappa shape index (κ3) is 2.58. The van der Waals surface area contributed by atoms with Gasteiger partial charge in [0.15, 0.2) is 5.69 Å². The second-order valence-corrected chi connectivity index (χ2v) is 4.04. The second-order valence-electron chi connectivity index (χ2n) is 4.04. The van der Waals surface area contributed by atoms with Crippen LogP contribution in [-0.4, -0.2) is 4.98 Å². The van der Waals surface area contributed by atoms with Crippen molar-refractivity contribution in [3.63, 3.8) is 0 Å². The Labute approximate surface area is 106 Å². The Morgan fingerprint density at radius 3 is 2.67 bits per heavy atom. The molecule has 3 N–H and O–H groups in total. The Morgan fingerprint density at radius 2 is 2.00 bits per heavy atom. The predicted octanol–water partition coefficient (Wildman–Crippen LogP) is 2.71. The summed E-state index contributed by atoms with van der Waals surface area (Å²) in [6.07, 6.45) is 1.61. The van der Waals surface area contributed by atoms with Crippen molar-refractivity contribution in [3.8, 4) is 6.07 Å². The van der Waals surface area contributed by atoms with E-state index in [1.807, 2.05) is 37.3 Å². The molecular formula is C14H14N4. The largest absolute Gasteiger partial charge is 0.399 e. The Balaban J connectivity index is 2.19. The first-order valence-corrected chi connectivity index (χ1v) is 5.68. The lowest BCUT2D eigenvalue weighted by Crippen LogP contribution is -2.08. The van der Waals surface area contributed by atoms with E-state index in [9.17, 15) is 0 Å². The number of hydrogen-bond acceptors (Lipinski definition) is 4. The van der Waals surface area contributed by atoms with Crippen molar-refractivity contribution in [2.75, 3.05) is 11.1 Å². The number of hydrogen-bond donors (Lipinski definition) is 2. The molecule has 1 unspecified atom stereocenters. The van der Waals surface area contributed by atoms with E-state index in [1.165, 1.54) is 0 Å². The normalized spacial score (nSPS) is 11.6. The summed E-state index contributed by atoms with van der Waals surface area (Å²) < 4.78 is 0. The van der Waals surface area contributed by atoms with E-state index in [0.717, 1.165) is 16.9 Å². The number of rotatable bonds is 3. The molecule has 0 radical (unpaired) electrons. The first-order chi connectivity index (χ1) is 8.70. The van der Waals surface area contributed by atoms with E-state index in [1.54, 1.807) is 12.3 Å². The monoisotopic (exact) mass is 238 g/mol. The van der Waals surface area contributed by atoms with E-state index in [2.05, 4.69) is 16.4 Å². The number of nitrogen functional groups attached to an aromatic ring is 1. The summed E-state index contributed by atoms with van der Waals surface area (Å²) in [5, 5.41) is 12.2. The molecule has 2 aromatic rings. The van der Waals surface area contributed by atoms with Gasteiger partial charge in [-0.1, -0.05) is 12.1 Å². The lowest BCUT2D eigenvalue weighted by molar-refractivity contribution is 0.882. The maximum atomic E-state index is 8.97. The highest BCUT2D eigenvalue weighted by atomic mass is 14.9. The maximum absolute atomic E-state index is 8.97. The summed E-state index contributed by atoms with van der Waals surface area (Å²) in [4.78, 5) is 4.01. The standard InChI is InChI=1S/C14H14N4/c1-10(11-4-6-12(16)7-5-11)18-13-3-2-8-17-14(13)9-15/h2-8,10,18H,16H2,1H3. The number of aromatic nitrogens is 1. The van der Waals surface area contributed by atoms with Crippen LogP contribution in [0, 0.1) is 11.3 Å². The van der Waals surface area contributed by atoms with Gasteiger partial charge in [-0.15, -0.1) is 0 Å². The molecule has 0 aliphatic heterocycles. The van der Waals surface area contributed by atoms with E-state index in [-0.39, 0.29) is 6.04 Å². The van der Waals surface area contributed by atoms with Crippen LogP contribution in [0.4, 0.5) is 11.4 Å². The summed E-state index contributed by atoms with van der Waals surface area (Å²) >= 11 is 0. The average molecular weight is 238 g/mol. The van der Waals surface area contributed by atoms with E-state index in [0.29, 0.717) is 5.69 Å². The molecule has 0 aliphatic rings. The molecule has 18 heavy (non-hydrogen) atoms. The molecule has 1 aromatic heterocycles. The minimum atomic E-state index is 0.0851. The average Bonchev–Trinajstić information content (AvgIpc) is 2.40. The number of nitrogens with zero attached hydrogens (tertiary/aromatic N) is 2. The van der Waals surface area contributed by atoms with Crippen molar-refractivity contribution in [3.05, 3.63) is 53.9 Å². The third-order valence-corrected chi connectivity index (χ3v) is 2.72. The highest BCUT2D eigenvalue weighted by Crippen LogP contribution is 2.21. The molecule has 0 bridgehead atoms. The van der Waals surface area contributed by atoms with Gasteiger partial charge in [0.25, 0.3) is 0 Å². The SMILES string of the molecule is CC(Nc1cccnc1C#N)c1ccc(N)cc1. The minimum absolute atomic E-state index is 0.0851. The summed E-state index contributed by atoms with van der Waals surface area (Å²) in [7, 11) is 0. The summed E-state index contributed by atoms with van der Waals surface area (Å²) in [5.74, 6) is 0. The van der Waals surface area contributed by atoms with Gasteiger partial charge in [-0.2, -0.15) is 5.26 Å². The molecule has 2 rings (SSSR count).